The molecule has 0 aliphatic carbocycles. The van der Waals surface area contributed by atoms with Crippen molar-refractivity contribution in [3.63, 3.8) is 0 Å². The zero-order valence-corrected chi connectivity index (χ0v) is 15.2. The zero-order valence-electron chi connectivity index (χ0n) is 15.2. The lowest BCUT2D eigenvalue weighted by molar-refractivity contribution is -0.189. The van der Waals surface area contributed by atoms with Crippen LogP contribution in [0.2, 0.25) is 0 Å². The minimum absolute atomic E-state index is 0.0984. The van der Waals surface area contributed by atoms with Gasteiger partial charge in [0.05, 0.1) is 39.3 Å². The fourth-order valence-corrected chi connectivity index (χ4v) is 4.17. The molecule has 0 saturated carbocycles. The van der Waals surface area contributed by atoms with Crippen molar-refractivity contribution >= 4 is 5.91 Å². The van der Waals surface area contributed by atoms with Gasteiger partial charge in [-0.2, -0.15) is 0 Å². The SMILES string of the molecule is O=C(Cc1ccc(F)cc1)N1CC2(CC[C@@H](CN3CCOCC3)CO2)C1. The first-order valence-electron chi connectivity index (χ1n) is 9.58. The van der Waals surface area contributed by atoms with Gasteiger partial charge in [0.25, 0.3) is 0 Å². The molecule has 1 atom stereocenters. The van der Waals surface area contributed by atoms with Crippen LogP contribution in [0.25, 0.3) is 0 Å². The second-order valence-corrected chi connectivity index (χ2v) is 7.86. The highest BCUT2D eigenvalue weighted by atomic mass is 19.1. The summed E-state index contributed by atoms with van der Waals surface area (Å²) in [6.45, 7) is 6.98. The topological polar surface area (TPSA) is 42.0 Å². The predicted octanol–water partition coefficient (Wildman–Crippen LogP) is 1.71. The van der Waals surface area contributed by atoms with Crippen LogP contribution in [0, 0.1) is 11.7 Å². The molecule has 142 valence electrons. The molecule has 6 heteroatoms. The number of ether oxygens (including phenoxy) is 2. The summed E-state index contributed by atoms with van der Waals surface area (Å²) in [6.07, 6.45) is 2.52. The number of carbonyl (C=O) groups excluding carboxylic acids is 1. The summed E-state index contributed by atoms with van der Waals surface area (Å²) in [5.74, 6) is 0.412. The van der Waals surface area contributed by atoms with Crippen LogP contribution in [0.1, 0.15) is 18.4 Å². The molecule has 5 nitrogen and oxygen atoms in total. The van der Waals surface area contributed by atoms with E-state index < -0.39 is 0 Å². The van der Waals surface area contributed by atoms with Crippen molar-refractivity contribution in [1.29, 1.82) is 0 Å². The van der Waals surface area contributed by atoms with E-state index in [9.17, 15) is 9.18 Å². The Labute approximate surface area is 154 Å². The van der Waals surface area contributed by atoms with Crippen LogP contribution in [0.15, 0.2) is 24.3 Å². The third-order valence-corrected chi connectivity index (χ3v) is 5.83. The number of morpholine rings is 1. The molecule has 1 aromatic carbocycles. The molecule has 4 rings (SSSR count). The Morgan fingerprint density at radius 1 is 1.19 bits per heavy atom. The smallest absolute Gasteiger partial charge is 0.227 e. The zero-order chi connectivity index (χ0) is 18.0. The summed E-state index contributed by atoms with van der Waals surface area (Å²) in [6, 6.07) is 6.16. The van der Waals surface area contributed by atoms with Gasteiger partial charge in [-0.3, -0.25) is 9.69 Å². The van der Waals surface area contributed by atoms with Crippen LogP contribution in [0.4, 0.5) is 4.39 Å². The molecule has 26 heavy (non-hydrogen) atoms. The molecule has 3 fully saturated rings. The monoisotopic (exact) mass is 362 g/mol. The number of hydrogen-bond donors (Lipinski definition) is 0. The predicted molar refractivity (Wildman–Crippen MR) is 95.4 cm³/mol. The molecule has 1 amide bonds. The largest absolute Gasteiger partial charge is 0.379 e. The van der Waals surface area contributed by atoms with Crippen LogP contribution < -0.4 is 0 Å². The van der Waals surface area contributed by atoms with E-state index in [0.717, 1.165) is 57.9 Å². The molecule has 3 aliphatic heterocycles. The quantitative estimate of drug-likeness (QED) is 0.818. The number of carbonyl (C=O) groups is 1. The van der Waals surface area contributed by atoms with Crippen LogP contribution in [-0.2, 0) is 20.7 Å². The van der Waals surface area contributed by atoms with Crippen molar-refractivity contribution in [3.8, 4) is 0 Å². The maximum absolute atomic E-state index is 13.0. The lowest BCUT2D eigenvalue weighted by Gasteiger charge is -2.53. The van der Waals surface area contributed by atoms with Gasteiger partial charge in [-0.25, -0.2) is 4.39 Å². The Morgan fingerprint density at radius 2 is 1.92 bits per heavy atom. The number of likely N-dealkylation sites (tertiary alicyclic amines) is 1. The highest BCUT2D eigenvalue weighted by molar-refractivity contribution is 5.79. The van der Waals surface area contributed by atoms with Crippen molar-refractivity contribution in [1.82, 2.24) is 9.80 Å². The summed E-state index contributed by atoms with van der Waals surface area (Å²) >= 11 is 0. The average molecular weight is 362 g/mol. The summed E-state index contributed by atoms with van der Waals surface area (Å²) in [5.41, 5.74) is 0.729. The minimum Gasteiger partial charge on any atom is -0.379 e. The van der Waals surface area contributed by atoms with Gasteiger partial charge in [-0.15, -0.1) is 0 Å². The lowest BCUT2D eigenvalue weighted by atomic mass is 9.82. The number of nitrogens with zero attached hydrogens (tertiary/aromatic N) is 2. The third-order valence-electron chi connectivity index (χ3n) is 5.83. The maximum Gasteiger partial charge on any atom is 0.227 e. The molecule has 0 N–H and O–H groups in total. The van der Waals surface area contributed by atoms with Crippen LogP contribution in [0.5, 0.6) is 0 Å². The molecule has 0 aromatic heterocycles. The number of hydrogen-bond acceptors (Lipinski definition) is 4. The van der Waals surface area contributed by atoms with E-state index in [2.05, 4.69) is 4.90 Å². The average Bonchev–Trinajstić information content (AvgIpc) is 2.63. The Kier molecular flexibility index (Phi) is 5.25. The molecule has 0 unspecified atom stereocenters. The molecular weight excluding hydrogens is 335 g/mol. The van der Waals surface area contributed by atoms with E-state index in [1.165, 1.54) is 12.1 Å². The summed E-state index contributed by atoms with van der Waals surface area (Å²) < 4.78 is 24.6. The minimum atomic E-state index is -0.272. The van der Waals surface area contributed by atoms with E-state index in [4.69, 9.17) is 9.47 Å². The Bertz CT molecular complexity index is 614. The first-order valence-corrected chi connectivity index (χ1v) is 9.58. The number of benzene rings is 1. The summed E-state index contributed by atoms with van der Waals surface area (Å²) in [4.78, 5) is 16.7. The molecule has 3 saturated heterocycles. The van der Waals surface area contributed by atoms with Gasteiger partial charge in [0.15, 0.2) is 0 Å². The number of halogens is 1. The first kappa shape index (κ1) is 17.9. The molecule has 1 spiro atoms. The van der Waals surface area contributed by atoms with E-state index in [1.807, 2.05) is 4.90 Å². The van der Waals surface area contributed by atoms with Crippen LogP contribution in [-0.4, -0.2) is 73.9 Å². The van der Waals surface area contributed by atoms with Gasteiger partial charge in [-0.05, 0) is 36.5 Å². The molecule has 1 aromatic rings. The second kappa shape index (κ2) is 7.62. The lowest BCUT2D eigenvalue weighted by Crippen LogP contribution is -2.66. The van der Waals surface area contributed by atoms with Gasteiger partial charge in [0, 0.05) is 19.6 Å². The first-order chi connectivity index (χ1) is 12.6. The molecule has 0 radical (unpaired) electrons. The Morgan fingerprint density at radius 3 is 2.58 bits per heavy atom. The summed E-state index contributed by atoms with van der Waals surface area (Å²) in [7, 11) is 0. The van der Waals surface area contributed by atoms with Crippen LogP contribution >= 0.6 is 0 Å². The fraction of sp³-hybridized carbons (Fsp3) is 0.650. The second-order valence-electron chi connectivity index (χ2n) is 7.86. The van der Waals surface area contributed by atoms with E-state index in [1.54, 1.807) is 12.1 Å². The Hall–Kier alpha value is -1.50. The van der Waals surface area contributed by atoms with Crippen molar-refractivity contribution in [3.05, 3.63) is 35.6 Å². The van der Waals surface area contributed by atoms with Crippen molar-refractivity contribution in [2.24, 2.45) is 5.92 Å². The normalized spacial score (nSPS) is 25.9. The molecule has 3 aliphatic rings. The van der Waals surface area contributed by atoms with E-state index in [0.29, 0.717) is 25.4 Å². The summed E-state index contributed by atoms with van der Waals surface area (Å²) in [5, 5.41) is 0. The van der Waals surface area contributed by atoms with Gasteiger partial charge < -0.3 is 14.4 Å². The molecule has 0 bridgehead atoms. The molecule has 3 heterocycles. The van der Waals surface area contributed by atoms with Gasteiger partial charge in [0.2, 0.25) is 5.91 Å². The van der Waals surface area contributed by atoms with E-state index >= 15 is 0 Å². The van der Waals surface area contributed by atoms with Crippen LogP contribution in [0.3, 0.4) is 0 Å². The highest BCUT2D eigenvalue weighted by Crippen LogP contribution is 2.36. The van der Waals surface area contributed by atoms with Crippen molar-refractivity contribution < 1.29 is 18.7 Å². The van der Waals surface area contributed by atoms with Gasteiger partial charge in [0.1, 0.15) is 11.4 Å². The van der Waals surface area contributed by atoms with Crippen molar-refractivity contribution in [2.45, 2.75) is 24.9 Å². The Balaban J connectivity index is 1.20. The van der Waals surface area contributed by atoms with E-state index in [-0.39, 0.29) is 17.3 Å². The number of rotatable bonds is 4. The number of amides is 1. The maximum atomic E-state index is 13.0. The van der Waals surface area contributed by atoms with Gasteiger partial charge >= 0.3 is 0 Å². The van der Waals surface area contributed by atoms with Crippen molar-refractivity contribution in [2.75, 3.05) is 52.5 Å². The molecular formula is C20H27FN2O3. The van der Waals surface area contributed by atoms with Gasteiger partial charge in [-0.1, -0.05) is 12.1 Å². The highest BCUT2D eigenvalue weighted by Gasteiger charge is 2.48. The fourth-order valence-electron chi connectivity index (χ4n) is 4.17. The standard InChI is InChI=1S/C20H27FN2O3/c21-18-3-1-16(2-4-18)11-19(24)23-14-20(15-23)6-5-17(13-26-20)12-22-7-9-25-10-8-22/h1-4,17H,5-15H2/t17-/m0/s1. The third kappa shape index (κ3) is 4.08.